The van der Waals surface area contributed by atoms with Crippen LogP contribution in [0.4, 0.5) is 0 Å². The van der Waals surface area contributed by atoms with E-state index in [1.807, 2.05) is 18.7 Å². The third kappa shape index (κ3) is 5.53. The normalized spacial score (nSPS) is 16.3. The molecule has 1 atom stereocenters. The fourth-order valence-corrected chi connectivity index (χ4v) is 3.83. The summed E-state index contributed by atoms with van der Waals surface area (Å²) in [5.41, 5.74) is 0.883. The Bertz CT molecular complexity index is 911. The van der Waals surface area contributed by atoms with Crippen molar-refractivity contribution < 1.29 is 19.1 Å². The van der Waals surface area contributed by atoms with Gasteiger partial charge in [-0.25, -0.2) is 0 Å². The van der Waals surface area contributed by atoms with Crippen LogP contribution in [-0.4, -0.2) is 64.6 Å². The Morgan fingerprint density at radius 1 is 1.19 bits per heavy atom. The van der Waals surface area contributed by atoms with Crippen molar-refractivity contribution in [3.05, 3.63) is 35.7 Å². The number of likely N-dealkylation sites (tertiary alicyclic amines) is 1. The van der Waals surface area contributed by atoms with E-state index in [1.165, 1.54) is 0 Å². The van der Waals surface area contributed by atoms with Gasteiger partial charge in [0, 0.05) is 30.7 Å². The van der Waals surface area contributed by atoms with Gasteiger partial charge in [-0.05, 0) is 57.7 Å². The molecule has 31 heavy (non-hydrogen) atoms. The summed E-state index contributed by atoms with van der Waals surface area (Å²) in [4.78, 5) is 27.2. The van der Waals surface area contributed by atoms with Crippen molar-refractivity contribution in [1.82, 2.24) is 25.2 Å². The molecule has 0 radical (unpaired) electrons. The summed E-state index contributed by atoms with van der Waals surface area (Å²) in [7, 11) is 3.13. The van der Waals surface area contributed by atoms with Gasteiger partial charge in [0.15, 0.2) is 17.2 Å². The molecule has 9 nitrogen and oxygen atoms in total. The number of hydrogen-bond acceptors (Lipinski definition) is 6. The number of benzene rings is 1. The first kappa shape index (κ1) is 22.6. The van der Waals surface area contributed by atoms with Crippen LogP contribution in [0.15, 0.2) is 24.4 Å². The number of piperidine rings is 1. The zero-order valence-corrected chi connectivity index (χ0v) is 18.6. The van der Waals surface area contributed by atoms with Crippen LogP contribution in [-0.2, 0) is 6.54 Å². The zero-order chi connectivity index (χ0) is 22.4. The van der Waals surface area contributed by atoms with Crippen LogP contribution >= 0.6 is 0 Å². The molecule has 1 unspecified atom stereocenters. The van der Waals surface area contributed by atoms with E-state index in [0.717, 1.165) is 32.2 Å². The summed E-state index contributed by atoms with van der Waals surface area (Å²) in [5, 5.41) is 10.8. The number of amides is 2. The Balaban J connectivity index is 1.66. The molecule has 2 heterocycles. The van der Waals surface area contributed by atoms with E-state index in [4.69, 9.17) is 9.47 Å². The number of nitrogens with one attached hydrogen (secondary N) is 1. The minimum absolute atomic E-state index is 0.0127. The second-order valence-electron chi connectivity index (χ2n) is 8.00. The van der Waals surface area contributed by atoms with Gasteiger partial charge in [0.2, 0.25) is 0 Å². The number of carbonyl (C=O) groups is 2. The van der Waals surface area contributed by atoms with Crippen LogP contribution in [0.1, 0.15) is 60.4 Å². The van der Waals surface area contributed by atoms with E-state index in [1.54, 1.807) is 43.3 Å². The van der Waals surface area contributed by atoms with E-state index in [9.17, 15) is 9.59 Å². The van der Waals surface area contributed by atoms with E-state index < -0.39 is 0 Å². The van der Waals surface area contributed by atoms with Gasteiger partial charge in [-0.3, -0.25) is 14.3 Å². The van der Waals surface area contributed by atoms with Crippen LogP contribution in [0, 0.1) is 0 Å². The van der Waals surface area contributed by atoms with Crippen molar-refractivity contribution in [2.45, 2.75) is 58.2 Å². The number of hydrogen-bond donors (Lipinski definition) is 1. The molecular weight excluding hydrogens is 398 g/mol. The maximum absolute atomic E-state index is 13.2. The predicted molar refractivity (Wildman–Crippen MR) is 115 cm³/mol. The summed E-state index contributed by atoms with van der Waals surface area (Å²) in [6, 6.07) is 5.39. The lowest BCUT2D eigenvalue weighted by molar-refractivity contribution is 0.0593. The quantitative estimate of drug-likeness (QED) is 0.692. The molecule has 0 spiro atoms. The zero-order valence-electron chi connectivity index (χ0n) is 18.6. The lowest BCUT2D eigenvalue weighted by Crippen LogP contribution is -2.44. The highest BCUT2D eigenvalue weighted by atomic mass is 16.5. The highest BCUT2D eigenvalue weighted by Crippen LogP contribution is 2.29. The van der Waals surface area contributed by atoms with Gasteiger partial charge in [-0.15, -0.1) is 5.10 Å². The Kier molecular flexibility index (Phi) is 7.49. The second-order valence-corrected chi connectivity index (χ2v) is 8.00. The monoisotopic (exact) mass is 429 g/mol. The molecule has 1 aromatic carbocycles. The van der Waals surface area contributed by atoms with Gasteiger partial charge in [0.05, 0.1) is 20.4 Å². The van der Waals surface area contributed by atoms with Crippen LogP contribution in [0.25, 0.3) is 0 Å². The van der Waals surface area contributed by atoms with Crippen LogP contribution in [0.3, 0.4) is 0 Å². The average Bonchev–Trinajstić information content (AvgIpc) is 3.25. The highest BCUT2D eigenvalue weighted by molar-refractivity contribution is 5.95. The predicted octanol–water partition coefficient (Wildman–Crippen LogP) is 2.52. The molecule has 168 valence electrons. The molecule has 3 rings (SSSR count). The lowest BCUT2D eigenvalue weighted by atomic mass is 9.98. The Morgan fingerprint density at radius 2 is 1.97 bits per heavy atom. The van der Waals surface area contributed by atoms with E-state index in [-0.39, 0.29) is 23.9 Å². The van der Waals surface area contributed by atoms with Crippen LogP contribution in [0.5, 0.6) is 11.5 Å². The molecule has 2 amide bonds. The molecule has 1 aromatic heterocycles. The first-order chi connectivity index (χ1) is 14.9. The molecule has 1 saturated heterocycles. The third-order valence-electron chi connectivity index (χ3n) is 5.40. The van der Waals surface area contributed by atoms with Gasteiger partial charge in [0.1, 0.15) is 0 Å². The van der Waals surface area contributed by atoms with Gasteiger partial charge in [-0.2, -0.15) is 0 Å². The lowest BCUT2D eigenvalue weighted by Gasteiger charge is -2.36. The number of carbonyl (C=O) groups excluding carboxylic acids is 2. The third-order valence-corrected chi connectivity index (χ3v) is 5.40. The number of rotatable bonds is 8. The molecule has 1 N–H and O–H groups in total. The van der Waals surface area contributed by atoms with Crippen LogP contribution < -0.4 is 14.8 Å². The Labute approximate surface area is 182 Å². The Hall–Kier alpha value is -3.10. The average molecular weight is 430 g/mol. The Morgan fingerprint density at radius 3 is 2.68 bits per heavy atom. The topological polar surface area (TPSA) is 98.6 Å². The van der Waals surface area contributed by atoms with Gasteiger partial charge < -0.3 is 19.7 Å². The molecule has 1 aliphatic rings. The molecule has 1 fully saturated rings. The summed E-state index contributed by atoms with van der Waals surface area (Å²) in [6.07, 6.45) is 5.40. The summed E-state index contributed by atoms with van der Waals surface area (Å²) >= 11 is 0. The molecular formula is C22H31N5O4. The van der Waals surface area contributed by atoms with Crippen molar-refractivity contribution in [3.8, 4) is 11.5 Å². The fraction of sp³-hybridized carbons (Fsp3) is 0.545. The van der Waals surface area contributed by atoms with Crippen molar-refractivity contribution >= 4 is 11.8 Å². The second kappa shape index (κ2) is 10.3. The van der Waals surface area contributed by atoms with Gasteiger partial charge >= 0.3 is 0 Å². The van der Waals surface area contributed by atoms with Crippen molar-refractivity contribution in [3.63, 3.8) is 0 Å². The van der Waals surface area contributed by atoms with E-state index in [0.29, 0.717) is 29.3 Å². The molecule has 1 aliphatic heterocycles. The van der Waals surface area contributed by atoms with Gasteiger partial charge in [0.25, 0.3) is 11.8 Å². The summed E-state index contributed by atoms with van der Waals surface area (Å²) < 4.78 is 12.3. The highest BCUT2D eigenvalue weighted by Gasteiger charge is 2.28. The molecule has 2 aromatic rings. The standard InChI is InChI=1S/C22H31N5O4/c1-15(2)23-21(28)18-14-26(25-24-18)12-10-17-7-5-6-11-27(17)22(29)16-8-9-19(30-3)20(13-16)31-4/h8-9,13-15,17H,5-7,10-12H2,1-4H3,(H,23,28). The van der Waals surface area contributed by atoms with E-state index in [2.05, 4.69) is 15.6 Å². The maximum atomic E-state index is 13.2. The molecule has 0 aliphatic carbocycles. The number of ether oxygens (including phenoxy) is 2. The smallest absolute Gasteiger partial charge is 0.273 e. The minimum atomic E-state index is -0.232. The molecule has 0 bridgehead atoms. The van der Waals surface area contributed by atoms with Crippen molar-refractivity contribution in [1.29, 1.82) is 0 Å². The van der Waals surface area contributed by atoms with Crippen molar-refractivity contribution in [2.75, 3.05) is 20.8 Å². The van der Waals surface area contributed by atoms with Crippen LogP contribution in [0.2, 0.25) is 0 Å². The summed E-state index contributed by atoms with van der Waals surface area (Å²) in [6.45, 7) is 5.10. The number of nitrogens with zero attached hydrogens (tertiary/aromatic N) is 4. The molecule has 9 heteroatoms. The maximum Gasteiger partial charge on any atom is 0.273 e. The first-order valence-electron chi connectivity index (χ1n) is 10.7. The largest absolute Gasteiger partial charge is 0.493 e. The van der Waals surface area contributed by atoms with Crippen molar-refractivity contribution in [2.24, 2.45) is 0 Å². The minimum Gasteiger partial charge on any atom is -0.493 e. The number of methoxy groups -OCH3 is 2. The fourth-order valence-electron chi connectivity index (χ4n) is 3.83. The first-order valence-corrected chi connectivity index (χ1v) is 10.7. The van der Waals surface area contributed by atoms with Gasteiger partial charge in [-0.1, -0.05) is 5.21 Å². The molecule has 0 saturated carbocycles. The number of aryl methyl sites for hydroxylation is 1. The SMILES string of the molecule is COc1ccc(C(=O)N2CCCCC2CCn2cc(C(=O)NC(C)C)nn2)cc1OC. The summed E-state index contributed by atoms with van der Waals surface area (Å²) in [5.74, 6) is 0.889. The number of aromatic nitrogens is 3. The van der Waals surface area contributed by atoms with E-state index >= 15 is 0 Å².